The monoisotopic (exact) mass is 357 g/mol. The van der Waals surface area contributed by atoms with E-state index in [0.29, 0.717) is 12.5 Å². The standard InChI is InChI=1S/C20H31N5O/c1-15(2)19-17(14-25(6)23-19)13-24(5)20(21-4)22-12-16(3)26-18-10-8-7-9-11-18/h7-11,14-16H,12-13H2,1-6H3,(H,21,22). The van der Waals surface area contributed by atoms with Crippen LogP contribution in [0.3, 0.4) is 0 Å². The van der Waals surface area contributed by atoms with Gasteiger partial charge < -0.3 is 15.0 Å². The highest BCUT2D eigenvalue weighted by atomic mass is 16.5. The number of nitrogens with one attached hydrogen (secondary N) is 1. The molecule has 0 radical (unpaired) electrons. The predicted octanol–water partition coefficient (Wildman–Crippen LogP) is 3.02. The summed E-state index contributed by atoms with van der Waals surface area (Å²) in [4.78, 5) is 6.50. The molecule has 1 aromatic heterocycles. The summed E-state index contributed by atoms with van der Waals surface area (Å²) in [5.74, 6) is 2.11. The van der Waals surface area contributed by atoms with Crippen molar-refractivity contribution in [2.75, 3.05) is 20.6 Å². The topological polar surface area (TPSA) is 54.7 Å². The Labute approximate surface area is 156 Å². The number of benzene rings is 1. The molecule has 1 unspecified atom stereocenters. The maximum absolute atomic E-state index is 5.91. The lowest BCUT2D eigenvalue weighted by Gasteiger charge is -2.24. The molecule has 26 heavy (non-hydrogen) atoms. The summed E-state index contributed by atoms with van der Waals surface area (Å²) in [5, 5.41) is 7.97. The molecule has 1 atom stereocenters. The second-order valence-electron chi connectivity index (χ2n) is 6.89. The first-order chi connectivity index (χ1) is 12.4. The van der Waals surface area contributed by atoms with Crippen molar-refractivity contribution in [2.24, 2.45) is 12.0 Å². The Kier molecular flexibility index (Phi) is 7.06. The molecule has 0 amide bonds. The Morgan fingerprint density at radius 3 is 2.58 bits per heavy atom. The van der Waals surface area contributed by atoms with Crippen molar-refractivity contribution in [3.8, 4) is 5.75 Å². The summed E-state index contributed by atoms with van der Waals surface area (Å²) >= 11 is 0. The van der Waals surface area contributed by atoms with Gasteiger partial charge in [0.15, 0.2) is 5.96 Å². The Balaban J connectivity index is 1.91. The Morgan fingerprint density at radius 2 is 1.96 bits per heavy atom. The van der Waals surface area contributed by atoms with Crippen LogP contribution in [0.5, 0.6) is 5.75 Å². The van der Waals surface area contributed by atoms with Gasteiger partial charge in [-0.25, -0.2) is 0 Å². The van der Waals surface area contributed by atoms with Crippen molar-refractivity contribution in [1.82, 2.24) is 20.0 Å². The summed E-state index contributed by atoms with van der Waals surface area (Å²) < 4.78 is 7.79. The van der Waals surface area contributed by atoms with Gasteiger partial charge in [0.25, 0.3) is 0 Å². The van der Waals surface area contributed by atoms with Gasteiger partial charge >= 0.3 is 0 Å². The van der Waals surface area contributed by atoms with Gasteiger partial charge in [-0.2, -0.15) is 5.10 Å². The first-order valence-corrected chi connectivity index (χ1v) is 9.06. The van der Waals surface area contributed by atoms with Crippen LogP contribution >= 0.6 is 0 Å². The van der Waals surface area contributed by atoms with Crippen molar-refractivity contribution in [3.05, 3.63) is 47.8 Å². The van der Waals surface area contributed by atoms with Crippen LogP contribution < -0.4 is 10.1 Å². The zero-order valence-electron chi connectivity index (χ0n) is 16.7. The molecule has 0 bridgehead atoms. The molecule has 1 aromatic carbocycles. The molecule has 2 aromatic rings. The van der Waals surface area contributed by atoms with Crippen LogP contribution in [-0.2, 0) is 13.6 Å². The molecule has 6 heteroatoms. The zero-order valence-corrected chi connectivity index (χ0v) is 16.7. The maximum Gasteiger partial charge on any atom is 0.193 e. The molecule has 0 aliphatic heterocycles. The van der Waals surface area contributed by atoms with Crippen LogP contribution in [0.4, 0.5) is 0 Å². The first kappa shape index (κ1) is 19.8. The third-order valence-electron chi connectivity index (χ3n) is 4.09. The number of hydrogen-bond acceptors (Lipinski definition) is 3. The molecular weight excluding hydrogens is 326 g/mol. The van der Waals surface area contributed by atoms with E-state index < -0.39 is 0 Å². The molecule has 2 rings (SSSR count). The molecule has 142 valence electrons. The van der Waals surface area contributed by atoms with E-state index in [4.69, 9.17) is 4.74 Å². The van der Waals surface area contributed by atoms with Crippen molar-refractivity contribution in [1.29, 1.82) is 0 Å². The minimum Gasteiger partial charge on any atom is -0.489 e. The van der Waals surface area contributed by atoms with Gasteiger partial charge in [-0.05, 0) is 25.0 Å². The lowest BCUT2D eigenvalue weighted by molar-refractivity contribution is 0.222. The SMILES string of the molecule is CN=C(NCC(C)Oc1ccccc1)N(C)Cc1cn(C)nc1C(C)C. The van der Waals surface area contributed by atoms with E-state index in [2.05, 4.69) is 40.4 Å². The first-order valence-electron chi connectivity index (χ1n) is 9.06. The van der Waals surface area contributed by atoms with Gasteiger partial charge in [-0.3, -0.25) is 9.67 Å². The fourth-order valence-corrected chi connectivity index (χ4v) is 2.89. The van der Waals surface area contributed by atoms with Crippen LogP contribution in [0, 0.1) is 0 Å². The number of guanidine groups is 1. The average Bonchev–Trinajstić information content (AvgIpc) is 2.97. The number of ether oxygens (including phenoxy) is 1. The minimum atomic E-state index is 0.0344. The molecular formula is C20H31N5O. The quantitative estimate of drug-likeness (QED) is 0.611. The molecule has 1 heterocycles. The van der Waals surface area contributed by atoms with Gasteiger partial charge in [0.1, 0.15) is 11.9 Å². The van der Waals surface area contributed by atoms with Crippen LogP contribution in [0.2, 0.25) is 0 Å². The molecule has 0 fully saturated rings. The lowest BCUT2D eigenvalue weighted by atomic mass is 10.1. The molecule has 0 aliphatic rings. The second kappa shape index (κ2) is 9.27. The predicted molar refractivity (Wildman–Crippen MR) is 107 cm³/mol. The largest absolute Gasteiger partial charge is 0.489 e. The fraction of sp³-hybridized carbons (Fsp3) is 0.500. The number of nitrogens with zero attached hydrogens (tertiary/aromatic N) is 4. The van der Waals surface area contributed by atoms with E-state index in [1.807, 2.05) is 56.0 Å². The van der Waals surface area contributed by atoms with E-state index in [1.165, 1.54) is 5.56 Å². The maximum atomic E-state index is 5.91. The van der Waals surface area contributed by atoms with Crippen molar-refractivity contribution in [3.63, 3.8) is 0 Å². The smallest absolute Gasteiger partial charge is 0.193 e. The number of hydrogen-bond donors (Lipinski definition) is 1. The molecule has 6 nitrogen and oxygen atoms in total. The van der Waals surface area contributed by atoms with Gasteiger partial charge in [0.2, 0.25) is 0 Å². The number of aryl methyl sites for hydroxylation is 1. The summed E-state index contributed by atoms with van der Waals surface area (Å²) in [6.07, 6.45) is 2.12. The van der Waals surface area contributed by atoms with Crippen LogP contribution in [0.25, 0.3) is 0 Å². The number of aromatic nitrogens is 2. The van der Waals surface area contributed by atoms with E-state index in [9.17, 15) is 0 Å². The van der Waals surface area contributed by atoms with Crippen molar-refractivity contribution >= 4 is 5.96 Å². The number of rotatable bonds is 7. The number of para-hydroxylation sites is 1. The third-order valence-corrected chi connectivity index (χ3v) is 4.09. The van der Waals surface area contributed by atoms with Crippen LogP contribution in [-0.4, -0.2) is 47.4 Å². The fourth-order valence-electron chi connectivity index (χ4n) is 2.89. The second-order valence-corrected chi connectivity index (χ2v) is 6.89. The lowest BCUT2D eigenvalue weighted by Crippen LogP contribution is -2.42. The molecule has 0 saturated heterocycles. The van der Waals surface area contributed by atoms with E-state index >= 15 is 0 Å². The Morgan fingerprint density at radius 1 is 1.27 bits per heavy atom. The van der Waals surface area contributed by atoms with Gasteiger partial charge in [0.05, 0.1) is 12.2 Å². The van der Waals surface area contributed by atoms with Crippen molar-refractivity contribution < 1.29 is 4.74 Å². The van der Waals surface area contributed by atoms with E-state index in [1.54, 1.807) is 7.05 Å². The Bertz CT molecular complexity index is 708. The molecule has 0 spiro atoms. The summed E-state index contributed by atoms with van der Waals surface area (Å²) in [6, 6.07) is 9.86. The highest BCUT2D eigenvalue weighted by Gasteiger charge is 2.15. The van der Waals surface area contributed by atoms with Crippen molar-refractivity contribution in [2.45, 2.75) is 39.3 Å². The third kappa shape index (κ3) is 5.51. The minimum absolute atomic E-state index is 0.0344. The van der Waals surface area contributed by atoms with Crippen LogP contribution in [0.1, 0.15) is 37.9 Å². The number of aliphatic imine (C=N–C) groups is 1. The molecule has 0 saturated carbocycles. The average molecular weight is 358 g/mol. The van der Waals surface area contributed by atoms with Gasteiger partial charge in [-0.1, -0.05) is 32.0 Å². The summed E-state index contributed by atoms with van der Waals surface area (Å²) in [6.45, 7) is 7.82. The van der Waals surface area contributed by atoms with Gasteiger partial charge in [0, 0.05) is 39.4 Å². The molecule has 1 N–H and O–H groups in total. The molecule has 0 aliphatic carbocycles. The zero-order chi connectivity index (χ0) is 19.1. The summed E-state index contributed by atoms with van der Waals surface area (Å²) in [5.41, 5.74) is 2.36. The van der Waals surface area contributed by atoms with E-state index in [0.717, 1.165) is 23.9 Å². The normalized spacial score (nSPS) is 13.0. The van der Waals surface area contributed by atoms with E-state index in [-0.39, 0.29) is 6.10 Å². The Hall–Kier alpha value is -2.50. The van der Waals surface area contributed by atoms with Crippen LogP contribution in [0.15, 0.2) is 41.5 Å². The van der Waals surface area contributed by atoms with Gasteiger partial charge in [-0.15, -0.1) is 0 Å². The highest BCUT2D eigenvalue weighted by Crippen LogP contribution is 2.18. The highest BCUT2D eigenvalue weighted by molar-refractivity contribution is 5.79. The summed E-state index contributed by atoms with van der Waals surface area (Å²) in [7, 11) is 5.80.